The normalized spacial score (nSPS) is 14.7. The Kier molecular flexibility index (Phi) is 5.21. The van der Waals surface area contributed by atoms with Crippen LogP contribution in [0.1, 0.15) is 35.4 Å². The van der Waals surface area contributed by atoms with Gasteiger partial charge in [-0.15, -0.1) is 11.3 Å². The van der Waals surface area contributed by atoms with Crippen molar-refractivity contribution in [1.82, 2.24) is 9.97 Å². The summed E-state index contributed by atoms with van der Waals surface area (Å²) < 4.78 is 0. The Bertz CT molecular complexity index is 1010. The molecule has 27 heavy (non-hydrogen) atoms. The molecule has 0 spiro atoms. The minimum Gasteiger partial charge on any atom is -0.397 e. The van der Waals surface area contributed by atoms with E-state index in [1.165, 1.54) is 37.0 Å². The zero-order valence-corrected chi connectivity index (χ0v) is 16.8. The summed E-state index contributed by atoms with van der Waals surface area (Å²) in [5.74, 6) is 1.19. The van der Waals surface area contributed by atoms with Gasteiger partial charge in [-0.2, -0.15) is 0 Å². The monoisotopic (exact) mass is 420 g/mol. The Morgan fingerprint density at radius 3 is 2.70 bits per heavy atom. The van der Waals surface area contributed by atoms with Crippen molar-refractivity contribution in [2.75, 3.05) is 17.6 Å². The Labute approximate surface area is 170 Å². The highest BCUT2D eigenvalue weighted by Crippen LogP contribution is 2.39. The number of hydrogen-bond acceptors (Lipinski definition) is 6. The quantitative estimate of drug-likeness (QED) is 0.520. The number of rotatable bonds is 5. The third kappa shape index (κ3) is 3.61. The first-order valence-electron chi connectivity index (χ1n) is 8.81. The van der Waals surface area contributed by atoms with E-state index in [1.54, 1.807) is 12.1 Å². The highest BCUT2D eigenvalue weighted by atomic mass is 35.5. The average molecular weight is 421 g/mol. The second-order valence-electron chi connectivity index (χ2n) is 6.73. The summed E-state index contributed by atoms with van der Waals surface area (Å²) in [5, 5.41) is 4.94. The number of nitrogens with zero attached hydrogens (tertiary/aromatic N) is 2. The average Bonchev–Trinajstić information content (AvgIpc) is 3.29. The van der Waals surface area contributed by atoms with Gasteiger partial charge in [0.15, 0.2) is 6.29 Å². The molecule has 0 bridgehead atoms. The first-order chi connectivity index (χ1) is 13.1. The zero-order chi connectivity index (χ0) is 19.0. The lowest BCUT2D eigenvalue weighted by molar-refractivity contribution is 0.112. The topological polar surface area (TPSA) is 80.9 Å². The number of aromatic nitrogens is 2. The Balaban J connectivity index is 1.81. The van der Waals surface area contributed by atoms with Crippen molar-refractivity contribution < 1.29 is 4.79 Å². The third-order valence-corrected chi connectivity index (χ3v) is 6.70. The molecular weight excluding hydrogens is 403 g/mol. The minimum atomic E-state index is 0.397. The molecule has 5 nitrogen and oxygen atoms in total. The van der Waals surface area contributed by atoms with Gasteiger partial charge in [-0.25, -0.2) is 9.97 Å². The minimum absolute atomic E-state index is 0.397. The third-order valence-electron chi connectivity index (χ3n) is 4.94. The lowest BCUT2D eigenvalue weighted by Crippen LogP contribution is -2.13. The zero-order valence-electron chi connectivity index (χ0n) is 14.5. The van der Waals surface area contributed by atoms with E-state index in [9.17, 15) is 4.79 Å². The summed E-state index contributed by atoms with van der Waals surface area (Å²) in [7, 11) is 0. The van der Waals surface area contributed by atoms with E-state index in [0.717, 1.165) is 18.4 Å². The fourth-order valence-corrected chi connectivity index (χ4v) is 4.72. The molecule has 0 radical (unpaired) electrons. The summed E-state index contributed by atoms with van der Waals surface area (Å²) in [5.41, 5.74) is 8.02. The Morgan fingerprint density at radius 1 is 1.22 bits per heavy atom. The molecule has 2 aromatic heterocycles. The number of nitrogens with two attached hydrogens (primary N) is 1. The summed E-state index contributed by atoms with van der Waals surface area (Å²) in [6, 6.07) is 5.32. The summed E-state index contributed by atoms with van der Waals surface area (Å²) in [4.78, 5) is 21.8. The predicted octanol–water partition coefficient (Wildman–Crippen LogP) is 5.66. The highest BCUT2D eigenvalue weighted by molar-refractivity contribution is 7.21. The molecule has 1 aliphatic carbocycles. The summed E-state index contributed by atoms with van der Waals surface area (Å²) in [6.07, 6.45) is 5.79. The van der Waals surface area contributed by atoms with E-state index in [2.05, 4.69) is 10.3 Å². The lowest BCUT2D eigenvalue weighted by Gasteiger charge is -2.12. The van der Waals surface area contributed by atoms with Gasteiger partial charge in [0, 0.05) is 12.1 Å². The number of carbonyl (C=O) groups is 1. The van der Waals surface area contributed by atoms with E-state index < -0.39 is 0 Å². The molecule has 0 unspecified atom stereocenters. The van der Waals surface area contributed by atoms with Gasteiger partial charge in [0.05, 0.1) is 31.7 Å². The number of aldehydes is 1. The maximum absolute atomic E-state index is 11.4. The van der Waals surface area contributed by atoms with Gasteiger partial charge >= 0.3 is 0 Å². The van der Waals surface area contributed by atoms with Gasteiger partial charge in [-0.1, -0.05) is 42.1 Å². The number of carbonyl (C=O) groups excluding carboxylic acids is 1. The van der Waals surface area contributed by atoms with E-state index in [1.807, 2.05) is 6.07 Å². The van der Waals surface area contributed by atoms with Crippen molar-refractivity contribution in [1.29, 1.82) is 0 Å². The molecule has 1 aliphatic rings. The van der Waals surface area contributed by atoms with Crippen LogP contribution >= 0.6 is 34.5 Å². The van der Waals surface area contributed by atoms with Crippen molar-refractivity contribution in [3.63, 3.8) is 0 Å². The number of halogens is 2. The smallest absolute Gasteiger partial charge is 0.224 e. The van der Waals surface area contributed by atoms with Crippen LogP contribution in [0.3, 0.4) is 0 Å². The second-order valence-corrected chi connectivity index (χ2v) is 8.58. The standard InChI is InChI=1S/C19H18Cl2N4OS/c20-12-6-5-11(7-13(12)21)17-15-16(22)14(9-26)27-18(15)25-19(24-17)23-8-10-3-1-2-4-10/h5-7,9-10H,1-4,8,22H2,(H,23,24,25). The number of hydrogen-bond donors (Lipinski definition) is 2. The van der Waals surface area contributed by atoms with Crippen LogP contribution in [0.25, 0.3) is 21.5 Å². The number of anilines is 2. The molecular formula is C19H18Cl2N4OS. The van der Waals surface area contributed by atoms with Crippen LogP contribution in [0, 0.1) is 5.92 Å². The first-order valence-corrected chi connectivity index (χ1v) is 10.4. The molecule has 8 heteroatoms. The van der Waals surface area contributed by atoms with Crippen molar-refractivity contribution in [2.24, 2.45) is 5.92 Å². The number of thiophene rings is 1. The van der Waals surface area contributed by atoms with Gasteiger partial charge in [0.1, 0.15) is 4.83 Å². The fraction of sp³-hybridized carbons (Fsp3) is 0.316. The molecule has 0 aliphatic heterocycles. The second kappa shape index (κ2) is 7.62. The Hall–Kier alpha value is -1.89. The molecule has 0 saturated heterocycles. The van der Waals surface area contributed by atoms with Crippen molar-refractivity contribution in [2.45, 2.75) is 25.7 Å². The van der Waals surface area contributed by atoms with Crippen LogP contribution in [-0.4, -0.2) is 22.8 Å². The first kappa shape index (κ1) is 18.5. The molecule has 3 N–H and O–H groups in total. The van der Waals surface area contributed by atoms with E-state index in [4.69, 9.17) is 33.9 Å². The van der Waals surface area contributed by atoms with E-state index in [0.29, 0.717) is 48.4 Å². The summed E-state index contributed by atoms with van der Waals surface area (Å²) >= 11 is 13.5. The van der Waals surface area contributed by atoms with Gasteiger partial charge in [-0.05, 0) is 30.9 Å². The van der Waals surface area contributed by atoms with E-state index in [-0.39, 0.29) is 0 Å². The van der Waals surface area contributed by atoms with Crippen LogP contribution in [0.4, 0.5) is 11.6 Å². The predicted molar refractivity (Wildman–Crippen MR) is 113 cm³/mol. The van der Waals surface area contributed by atoms with Gasteiger partial charge in [-0.3, -0.25) is 4.79 Å². The van der Waals surface area contributed by atoms with Crippen LogP contribution in [0.15, 0.2) is 18.2 Å². The van der Waals surface area contributed by atoms with Crippen molar-refractivity contribution in [3.05, 3.63) is 33.1 Å². The SMILES string of the molecule is Nc1c(C=O)sc2nc(NCC3CCCC3)nc(-c3ccc(Cl)c(Cl)c3)c12. The fourth-order valence-electron chi connectivity index (χ4n) is 3.51. The molecule has 1 fully saturated rings. The maximum atomic E-state index is 11.4. The number of nitrogens with one attached hydrogen (secondary N) is 1. The van der Waals surface area contributed by atoms with Crippen molar-refractivity contribution >= 4 is 62.7 Å². The number of benzene rings is 1. The molecule has 2 heterocycles. The van der Waals surface area contributed by atoms with Gasteiger partial charge < -0.3 is 11.1 Å². The Morgan fingerprint density at radius 2 is 2.00 bits per heavy atom. The molecule has 1 saturated carbocycles. The highest BCUT2D eigenvalue weighted by Gasteiger charge is 2.20. The van der Waals surface area contributed by atoms with E-state index >= 15 is 0 Å². The van der Waals surface area contributed by atoms with Gasteiger partial charge in [0.2, 0.25) is 5.95 Å². The largest absolute Gasteiger partial charge is 0.397 e. The maximum Gasteiger partial charge on any atom is 0.224 e. The van der Waals surface area contributed by atoms with Crippen LogP contribution in [0.2, 0.25) is 10.0 Å². The van der Waals surface area contributed by atoms with Gasteiger partial charge in [0.25, 0.3) is 0 Å². The number of fused-ring (bicyclic) bond motifs is 1. The van der Waals surface area contributed by atoms with Crippen LogP contribution in [-0.2, 0) is 0 Å². The lowest BCUT2D eigenvalue weighted by atomic mass is 10.1. The molecule has 1 aromatic carbocycles. The molecule has 0 atom stereocenters. The molecule has 0 amide bonds. The van der Waals surface area contributed by atoms with Crippen LogP contribution < -0.4 is 11.1 Å². The van der Waals surface area contributed by atoms with Crippen molar-refractivity contribution in [3.8, 4) is 11.3 Å². The molecule has 4 rings (SSSR count). The summed E-state index contributed by atoms with van der Waals surface area (Å²) in [6.45, 7) is 0.841. The number of nitrogen functional groups attached to an aromatic ring is 1. The molecule has 3 aromatic rings. The van der Waals surface area contributed by atoms with Crippen LogP contribution in [0.5, 0.6) is 0 Å². The molecule has 140 valence electrons.